The van der Waals surface area contributed by atoms with Gasteiger partial charge >= 0.3 is 5.97 Å². The van der Waals surface area contributed by atoms with Gasteiger partial charge in [-0.25, -0.2) is 0 Å². The number of ether oxygens (including phenoxy) is 1. The van der Waals surface area contributed by atoms with Gasteiger partial charge in [-0.1, -0.05) is 15.9 Å². The van der Waals surface area contributed by atoms with E-state index in [9.17, 15) is 14.4 Å². The minimum Gasteiger partial charge on any atom is -0.452 e. The van der Waals surface area contributed by atoms with E-state index in [0.717, 1.165) is 36.6 Å². The number of esters is 1. The SMILES string of the molecule is CC(=O)NC12C[C@H]3C[C@@H](C1)CC(C(=O)O[C@@H](C)C(=O)Nc1ccc(Br)cc1)(C3)C2. The van der Waals surface area contributed by atoms with E-state index in [1.54, 1.807) is 19.1 Å². The van der Waals surface area contributed by atoms with Gasteiger partial charge in [0.05, 0.1) is 5.41 Å². The lowest BCUT2D eigenvalue weighted by Gasteiger charge is -2.60. The van der Waals surface area contributed by atoms with Crippen molar-refractivity contribution < 1.29 is 19.1 Å². The lowest BCUT2D eigenvalue weighted by Crippen LogP contribution is -2.65. The van der Waals surface area contributed by atoms with Gasteiger partial charge in [0.25, 0.3) is 5.91 Å². The summed E-state index contributed by atoms with van der Waals surface area (Å²) in [6.07, 6.45) is 4.34. The van der Waals surface area contributed by atoms with Crippen LogP contribution in [0.3, 0.4) is 0 Å². The van der Waals surface area contributed by atoms with Crippen molar-refractivity contribution in [3.05, 3.63) is 28.7 Å². The standard InChI is InChI=1S/C22H27BrN2O4/c1-13(19(27)24-18-5-3-17(23)4-6-18)29-20(28)21-8-15-7-16(9-21)11-22(10-15,12-21)25-14(2)26/h3-6,13,15-16H,7-12H2,1-2H3,(H,24,27)(H,25,26)/t13-,15-,16+,21?,22?/m0/s1. The van der Waals surface area contributed by atoms with Gasteiger partial charge in [0, 0.05) is 22.6 Å². The van der Waals surface area contributed by atoms with Crippen molar-refractivity contribution in [3.8, 4) is 0 Å². The summed E-state index contributed by atoms with van der Waals surface area (Å²) in [5, 5.41) is 5.94. The first-order valence-electron chi connectivity index (χ1n) is 10.2. The maximum Gasteiger partial charge on any atom is 0.312 e. The first-order valence-corrected chi connectivity index (χ1v) is 11.0. The number of rotatable bonds is 5. The molecule has 2 N–H and O–H groups in total. The molecule has 0 aliphatic heterocycles. The molecule has 156 valence electrons. The van der Waals surface area contributed by atoms with Crippen molar-refractivity contribution in [1.82, 2.24) is 5.32 Å². The number of anilines is 1. The van der Waals surface area contributed by atoms with Crippen molar-refractivity contribution in [2.45, 2.75) is 64.0 Å². The fourth-order valence-electron chi connectivity index (χ4n) is 6.14. The third kappa shape index (κ3) is 4.06. The Balaban J connectivity index is 1.44. The van der Waals surface area contributed by atoms with Gasteiger partial charge in [-0.15, -0.1) is 0 Å². The van der Waals surface area contributed by atoms with E-state index in [-0.39, 0.29) is 23.3 Å². The number of carbonyl (C=O) groups is 3. The Kier molecular flexibility index (Phi) is 5.21. The summed E-state index contributed by atoms with van der Waals surface area (Å²) < 4.78 is 6.59. The Morgan fingerprint density at radius 2 is 1.72 bits per heavy atom. The van der Waals surface area contributed by atoms with Gasteiger partial charge in [0.15, 0.2) is 6.10 Å². The smallest absolute Gasteiger partial charge is 0.312 e. The van der Waals surface area contributed by atoms with Crippen LogP contribution in [0.2, 0.25) is 0 Å². The van der Waals surface area contributed by atoms with Gasteiger partial charge in [-0.3, -0.25) is 14.4 Å². The van der Waals surface area contributed by atoms with E-state index < -0.39 is 11.5 Å². The lowest BCUT2D eigenvalue weighted by molar-refractivity contribution is -0.181. The highest BCUT2D eigenvalue weighted by Crippen LogP contribution is 2.62. The molecule has 4 saturated carbocycles. The molecule has 4 fully saturated rings. The Bertz CT molecular complexity index is 824. The van der Waals surface area contributed by atoms with E-state index in [4.69, 9.17) is 4.74 Å². The predicted molar refractivity (Wildman–Crippen MR) is 112 cm³/mol. The maximum absolute atomic E-state index is 13.2. The van der Waals surface area contributed by atoms with E-state index in [0.29, 0.717) is 23.9 Å². The Labute approximate surface area is 179 Å². The molecule has 1 aromatic carbocycles. The second-order valence-electron chi connectivity index (χ2n) is 9.25. The molecule has 0 heterocycles. The molecule has 29 heavy (non-hydrogen) atoms. The fourth-order valence-corrected chi connectivity index (χ4v) is 6.40. The van der Waals surface area contributed by atoms with Crippen LogP contribution >= 0.6 is 15.9 Å². The van der Waals surface area contributed by atoms with Crippen molar-refractivity contribution in [1.29, 1.82) is 0 Å². The number of hydrogen-bond acceptors (Lipinski definition) is 4. The zero-order chi connectivity index (χ0) is 20.8. The fraction of sp³-hybridized carbons (Fsp3) is 0.591. The number of halogens is 1. The van der Waals surface area contributed by atoms with Crippen LogP contribution in [-0.2, 0) is 19.1 Å². The number of nitrogens with one attached hydrogen (secondary N) is 2. The number of carbonyl (C=O) groups excluding carboxylic acids is 3. The largest absolute Gasteiger partial charge is 0.452 e. The Hall–Kier alpha value is -1.89. The summed E-state index contributed by atoms with van der Waals surface area (Å²) in [7, 11) is 0. The highest BCUT2D eigenvalue weighted by molar-refractivity contribution is 9.10. The zero-order valence-electron chi connectivity index (χ0n) is 16.8. The van der Waals surface area contributed by atoms with Crippen molar-refractivity contribution in [2.24, 2.45) is 17.3 Å². The molecule has 2 amide bonds. The highest BCUT2D eigenvalue weighted by atomic mass is 79.9. The van der Waals surface area contributed by atoms with Crippen LogP contribution < -0.4 is 10.6 Å². The van der Waals surface area contributed by atoms with Crippen LogP contribution in [0, 0.1) is 17.3 Å². The molecular formula is C22H27BrN2O4. The molecule has 6 nitrogen and oxygen atoms in total. The van der Waals surface area contributed by atoms with Gasteiger partial charge in [-0.2, -0.15) is 0 Å². The molecule has 4 aliphatic carbocycles. The summed E-state index contributed by atoms with van der Waals surface area (Å²) in [5.74, 6) is 0.185. The van der Waals surface area contributed by atoms with Gasteiger partial charge < -0.3 is 15.4 Å². The number of benzene rings is 1. The molecule has 1 aromatic rings. The van der Waals surface area contributed by atoms with Gasteiger partial charge in [0.2, 0.25) is 5.91 Å². The third-order valence-corrected chi connectivity index (χ3v) is 7.23. The maximum atomic E-state index is 13.2. The van der Waals surface area contributed by atoms with E-state index in [2.05, 4.69) is 26.6 Å². The van der Waals surface area contributed by atoms with Crippen molar-refractivity contribution in [2.75, 3.05) is 5.32 Å². The van der Waals surface area contributed by atoms with Crippen molar-refractivity contribution in [3.63, 3.8) is 0 Å². The molecule has 7 heteroatoms. The van der Waals surface area contributed by atoms with Crippen LogP contribution in [0.25, 0.3) is 0 Å². The summed E-state index contributed by atoms with van der Waals surface area (Å²) >= 11 is 3.36. The monoisotopic (exact) mass is 462 g/mol. The molecule has 4 bridgehead atoms. The van der Waals surface area contributed by atoms with Crippen LogP contribution in [-0.4, -0.2) is 29.4 Å². The molecule has 0 saturated heterocycles. The summed E-state index contributed by atoms with van der Waals surface area (Å²) in [6, 6.07) is 7.24. The second kappa shape index (κ2) is 7.42. The minimum absolute atomic E-state index is 0.0438. The number of hydrogen-bond donors (Lipinski definition) is 2. The quantitative estimate of drug-likeness (QED) is 0.651. The lowest BCUT2D eigenvalue weighted by atomic mass is 9.47. The topological polar surface area (TPSA) is 84.5 Å². The van der Waals surface area contributed by atoms with E-state index in [1.165, 1.54) is 6.92 Å². The van der Waals surface area contributed by atoms with E-state index in [1.807, 2.05) is 12.1 Å². The summed E-state index contributed by atoms with van der Waals surface area (Å²) in [5.41, 5.74) is -0.225. The van der Waals surface area contributed by atoms with Gasteiger partial charge in [0.1, 0.15) is 0 Å². The molecule has 0 spiro atoms. The Morgan fingerprint density at radius 3 is 2.31 bits per heavy atom. The minimum atomic E-state index is -0.879. The van der Waals surface area contributed by atoms with E-state index >= 15 is 0 Å². The summed E-state index contributed by atoms with van der Waals surface area (Å²) in [4.78, 5) is 37.5. The van der Waals surface area contributed by atoms with Crippen LogP contribution in [0.1, 0.15) is 52.4 Å². The van der Waals surface area contributed by atoms with Crippen LogP contribution in [0.15, 0.2) is 28.7 Å². The van der Waals surface area contributed by atoms with Crippen LogP contribution in [0.5, 0.6) is 0 Å². The zero-order valence-corrected chi connectivity index (χ0v) is 18.4. The van der Waals surface area contributed by atoms with Crippen molar-refractivity contribution >= 4 is 39.4 Å². The first-order chi connectivity index (χ1) is 13.7. The van der Waals surface area contributed by atoms with Gasteiger partial charge in [-0.05, 0) is 81.5 Å². The highest BCUT2D eigenvalue weighted by Gasteiger charge is 2.61. The number of amides is 2. The average Bonchev–Trinajstić information content (AvgIpc) is 2.61. The molecule has 0 aromatic heterocycles. The Morgan fingerprint density at radius 1 is 1.10 bits per heavy atom. The van der Waals surface area contributed by atoms with Crippen LogP contribution in [0.4, 0.5) is 5.69 Å². The third-order valence-electron chi connectivity index (χ3n) is 6.70. The summed E-state index contributed by atoms with van der Waals surface area (Å²) in [6.45, 7) is 3.15. The molecule has 2 unspecified atom stereocenters. The average molecular weight is 463 g/mol. The molecule has 0 radical (unpaired) electrons. The second-order valence-corrected chi connectivity index (χ2v) is 10.2. The molecular weight excluding hydrogens is 436 g/mol. The molecule has 5 rings (SSSR count). The predicted octanol–water partition coefficient (Wildman–Crippen LogP) is 3.79. The normalized spacial score (nSPS) is 33.1. The molecule has 4 aliphatic rings. The molecule has 5 atom stereocenters. The first kappa shape index (κ1) is 20.4.